The fourth-order valence-corrected chi connectivity index (χ4v) is 4.02. The molecule has 1 saturated heterocycles. The molecule has 5 nitrogen and oxygen atoms in total. The van der Waals surface area contributed by atoms with Crippen molar-refractivity contribution in [1.82, 2.24) is 9.88 Å². The number of para-hydroxylation sites is 1. The van der Waals surface area contributed by atoms with E-state index in [0.717, 1.165) is 24.2 Å². The van der Waals surface area contributed by atoms with Crippen molar-refractivity contribution >= 4 is 17.4 Å². The molecule has 0 radical (unpaired) electrons. The minimum atomic E-state index is 0.0765. The van der Waals surface area contributed by atoms with Crippen LogP contribution in [0.5, 0.6) is 0 Å². The molecule has 1 aliphatic rings. The predicted molar refractivity (Wildman–Crippen MR) is 118 cm³/mol. The number of nitrogens with zero attached hydrogens (tertiary/aromatic N) is 3. The summed E-state index contributed by atoms with van der Waals surface area (Å²) in [6.45, 7) is 6.64. The van der Waals surface area contributed by atoms with Gasteiger partial charge in [-0.1, -0.05) is 30.3 Å². The number of hydrogen-bond donors (Lipinski definition) is 1. The summed E-state index contributed by atoms with van der Waals surface area (Å²) in [7, 11) is 0. The van der Waals surface area contributed by atoms with Gasteiger partial charge in [-0.15, -0.1) is 0 Å². The maximum Gasteiger partial charge on any atom is 0.254 e. The molecule has 3 aromatic rings. The van der Waals surface area contributed by atoms with Crippen molar-refractivity contribution in [2.75, 3.05) is 30.3 Å². The Morgan fingerprint density at radius 2 is 1.79 bits per heavy atom. The maximum absolute atomic E-state index is 13.1. The fraction of sp³-hybridized carbons (Fsp3) is 0.250. The highest BCUT2D eigenvalue weighted by molar-refractivity contribution is 5.95. The number of nitrogens with two attached hydrogens (primary N) is 1. The minimum Gasteiger partial charge on any atom is -0.383 e. The average molecular weight is 386 g/mol. The number of carbonyl (C=O) groups is 1. The Morgan fingerprint density at radius 1 is 1.03 bits per heavy atom. The maximum atomic E-state index is 13.1. The Hall–Kier alpha value is -3.34. The van der Waals surface area contributed by atoms with Crippen LogP contribution in [0.1, 0.15) is 22.8 Å². The topological polar surface area (TPSA) is 62.5 Å². The third-order valence-corrected chi connectivity index (χ3v) is 5.63. The zero-order chi connectivity index (χ0) is 20.4. The van der Waals surface area contributed by atoms with Crippen LogP contribution in [0.2, 0.25) is 0 Å². The molecule has 1 aromatic heterocycles. The quantitative estimate of drug-likeness (QED) is 0.739. The summed E-state index contributed by atoms with van der Waals surface area (Å²) in [6, 6.07) is 20.0. The second-order valence-corrected chi connectivity index (χ2v) is 7.59. The van der Waals surface area contributed by atoms with Crippen LogP contribution in [0, 0.1) is 6.92 Å². The van der Waals surface area contributed by atoms with Gasteiger partial charge in [-0.05, 0) is 55.3 Å². The molecule has 29 heavy (non-hydrogen) atoms. The van der Waals surface area contributed by atoms with E-state index in [9.17, 15) is 4.79 Å². The lowest BCUT2D eigenvalue weighted by molar-refractivity contribution is 0.0674. The molecule has 1 fully saturated rings. The molecule has 0 bridgehead atoms. The van der Waals surface area contributed by atoms with E-state index < -0.39 is 0 Å². The zero-order valence-corrected chi connectivity index (χ0v) is 16.9. The van der Waals surface area contributed by atoms with Crippen molar-refractivity contribution in [2.45, 2.75) is 19.9 Å². The average Bonchev–Trinajstić information content (AvgIpc) is 2.74. The zero-order valence-electron chi connectivity index (χ0n) is 16.9. The number of aromatic nitrogens is 1. The molecule has 0 aliphatic carbocycles. The Balaban J connectivity index is 1.48. The summed E-state index contributed by atoms with van der Waals surface area (Å²) in [6.07, 6.45) is 1.68. The summed E-state index contributed by atoms with van der Waals surface area (Å²) < 4.78 is 0. The molecule has 1 amide bonds. The first-order chi connectivity index (χ1) is 14.0. The number of anilines is 2. The predicted octanol–water partition coefficient (Wildman–Crippen LogP) is 3.99. The smallest absolute Gasteiger partial charge is 0.254 e. The Bertz CT molecular complexity index is 1020. The molecular weight excluding hydrogens is 360 g/mol. The normalized spacial score (nSPS) is 16.7. The Labute approximate surface area is 171 Å². The number of carbonyl (C=O) groups excluding carboxylic acids is 1. The van der Waals surface area contributed by atoms with E-state index in [-0.39, 0.29) is 11.9 Å². The number of piperazine rings is 1. The molecule has 1 aliphatic heterocycles. The molecule has 4 rings (SSSR count). The molecule has 0 unspecified atom stereocenters. The third kappa shape index (κ3) is 3.81. The lowest BCUT2D eigenvalue weighted by atomic mass is 10.0. The summed E-state index contributed by atoms with van der Waals surface area (Å²) in [5, 5.41) is 0. The van der Waals surface area contributed by atoms with Crippen LogP contribution < -0.4 is 10.6 Å². The number of hydrogen-bond acceptors (Lipinski definition) is 4. The van der Waals surface area contributed by atoms with Gasteiger partial charge in [-0.25, -0.2) is 4.98 Å². The summed E-state index contributed by atoms with van der Waals surface area (Å²) in [5.74, 6) is 0.570. The number of rotatable bonds is 3. The van der Waals surface area contributed by atoms with Crippen LogP contribution in [0.15, 0.2) is 66.9 Å². The molecule has 5 heteroatoms. The molecule has 148 valence electrons. The monoisotopic (exact) mass is 386 g/mol. The second kappa shape index (κ2) is 7.95. The van der Waals surface area contributed by atoms with Gasteiger partial charge in [0.15, 0.2) is 0 Å². The van der Waals surface area contributed by atoms with Gasteiger partial charge in [0, 0.05) is 48.7 Å². The standard InChI is InChI=1S/C24H26N4O/c1-17-6-3-4-8-22(17)27-14-15-28(18(2)16-27)24(29)20-11-9-19(10-12-20)21-7-5-13-26-23(21)25/h3-13,18H,14-16H2,1-2H3,(H2,25,26)/t18-/m0/s1. The first-order valence-corrected chi connectivity index (χ1v) is 9.97. The van der Waals surface area contributed by atoms with Gasteiger partial charge in [0.25, 0.3) is 5.91 Å². The van der Waals surface area contributed by atoms with Gasteiger partial charge in [-0.2, -0.15) is 0 Å². The van der Waals surface area contributed by atoms with Crippen LogP contribution in [0.4, 0.5) is 11.5 Å². The van der Waals surface area contributed by atoms with Crippen LogP contribution >= 0.6 is 0 Å². The summed E-state index contributed by atoms with van der Waals surface area (Å²) in [5.41, 5.74) is 11.0. The summed E-state index contributed by atoms with van der Waals surface area (Å²) in [4.78, 5) is 21.6. The molecule has 1 atom stereocenters. The van der Waals surface area contributed by atoms with Gasteiger partial charge < -0.3 is 15.5 Å². The van der Waals surface area contributed by atoms with Crippen LogP contribution in [0.3, 0.4) is 0 Å². The van der Waals surface area contributed by atoms with Crippen LogP contribution in [0.25, 0.3) is 11.1 Å². The molecule has 2 aromatic carbocycles. The van der Waals surface area contributed by atoms with Crippen molar-refractivity contribution in [1.29, 1.82) is 0 Å². The first-order valence-electron chi connectivity index (χ1n) is 9.97. The van der Waals surface area contributed by atoms with Gasteiger partial charge >= 0.3 is 0 Å². The molecule has 0 saturated carbocycles. The highest BCUT2D eigenvalue weighted by atomic mass is 16.2. The SMILES string of the molecule is Cc1ccccc1N1CCN(C(=O)c2ccc(-c3cccnc3N)cc2)[C@@H](C)C1. The largest absolute Gasteiger partial charge is 0.383 e. The molecular formula is C24H26N4O. The third-order valence-electron chi connectivity index (χ3n) is 5.63. The van der Waals surface area contributed by atoms with E-state index in [1.807, 2.05) is 41.3 Å². The van der Waals surface area contributed by atoms with Gasteiger partial charge in [0.2, 0.25) is 0 Å². The van der Waals surface area contributed by atoms with Gasteiger partial charge in [-0.3, -0.25) is 4.79 Å². The highest BCUT2D eigenvalue weighted by Crippen LogP contribution is 2.26. The number of amides is 1. The van der Waals surface area contributed by atoms with E-state index in [1.165, 1.54) is 11.3 Å². The van der Waals surface area contributed by atoms with Crippen molar-refractivity contribution < 1.29 is 4.79 Å². The van der Waals surface area contributed by atoms with Crippen molar-refractivity contribution in [2.24, 2.45) is 0 Å². The lowest BCUT2D eigenvalue weighted by Gasteiger charge is -2.41. The van der Waals surface area contributed by atoms with Gasteiger partial charge in [0.1, 0.15) is 5.82 Å². The van der Waals surface area contributed by atoms with E-state index in [2.05, 4.69) is 48.0 Å². The number of pyridine rings is 1. The van der Waals surface area contributed by atoms with Crippen molar-refractivity contribution in [3.05, 3.63) is 78.0 Å². The van der Waals surface area contributed by atoms with E-state index in [4.69, 9.17) is 5.73 Å². The van der Waals surface area contributed by atoms with Crippen LogP contribution in [-0.4, -0.2) is 41.5 Å². The molecule has 0 spiro atoms. The molecule has 2 heterocycles. The lowest BCUT2D eigenvalue weighted by Crippen LogP contribution is -2.54. The van der Waals surface area contributed by atoms with E-state index >= 15 is 0 Å². The first kappa shape index (κ1) is 19.0. The summed E-state index contributed by atoms with van der Waals surface area (Å²) >= 11 is 0. The Morgan fingerprint density at radius 3 is 2.48 bits per heavy atom. The van der Waals surface area contributed by atoms with E-state index in [1.54, 1.807) is 6.20 Å². The molecule has 2 N–H and O–H groups in total. The fourth-order valence-electron chi connectivity index (χ4n) is 4.02. The minimum absolute atomic E-state index is 0.0765. The van der Waals surface area contributed by atoms with Crippen molar-refractivity contribution in [3.63, 3.8) is 0 Å². The highest BCUT2D eigenvalue weighted by Gasteiger charge is 2.28. The number of benzene rings is 2. The number of aryl methyl sites for hydroxylation is 1. The van der Waals surface area contributed by atoms with Crippen molar-refractivity contribution in [3.8, 4) is 11.1 Å². The van der Waals surface area contributed by atoms with E-state index in [0.29, 0.717) is 17.9 Å². The Kier molecular flexibility index (Phi) is 5.21. The van der Waals surface area contributed by atoms with Crippen LogP contribution in [-0.2, 0) is 0 Å². The second-order valence-electron chi connectivity index (χ2n) is 7.59. The van der Waals surface area contributed by atoms with Gasteiger partial charge in [0.05, 0.1) is 0 Å². The number of nitrogen functional groups attached to an aromatic ring is 1.